The highest BCUT2D eigenvalue weighted by molar-refractivity contribution is 6.04. The van der Waals surface area contributed by atoms with Gasteiger partial charge in [-0.3, -0.25) is 18.8 Å². The number of alkyl halides is 9. The number of anilines is 3. The molecule has 384 valence electrons. The average molecular weight is 1040 g/mol. The Balaban J connectivity index is 0.000000183. The Labute approximate surface area is 401 Å². The van der Waals surface area contributed by atoms with Crippen molar-refractivity contribution < 1.29 is 75.0 Å². The molecule has 1 amide bonds. The SMILES string of the molecule is Cn1nc(C(F)(F)F)cc1-c1ccc(N)cc1F.Cn1nc(C(F)(F)F)cc1-c1ccc(NC(=O)c2ccc(F)cc2F)cc1F.Cn1nc(C(F)(F)F)cc1-c1ccc(NCc2ccc(F)cc2F)cc1F. The van der Waals surface area contributed by atoms with Crippen LogP contribution in [0, 0.1) is 40.7 Å². The average Bonchev–Trinajstić information content (AvgIpc) is 4.00. The van der Waals surface area contributed by atoms with E-state index >= 15 is 0 Å². The highest BCUT2D eigenvalue weighted by atomic mass is 19.4. The molecule has 0 aliphatic heterocycles. The zero-order chi connectivity index (χ0) is 53.9. The van der Waals surface area contributed by atoms with E-state index in [4.69, 9.17) is 5.73 Å². The lowest BCUT2D eigenvalue weighted by Crippen LogP contribution is -2.14. The Morgan fingerprint density at radius 1 is 0.479 bits per heavy atom. The maximum Gasteiger partial charge on any atom is 0.435 e. The number of carbonyl (C=O) groups excluding carboxylic acids is 1. The summed E-state index contributed by atoms with van der Waals surface area (Å²) in [7, 11) is 3.84. The van der Waals surface area contributed by atoms with Crippen molar-refractivity contribution in [2.45, 2.75) is 25.1 Å². The highest BCUT2D eigenvalue weighted by Gasteiger charge is 2.37. The predicted molar refractivity (Wildman–Crippen MR) is 233 cm³/mol. The van der Waals surface area contributed by atoms with E-state index in [-0.39, 0.29) is 62.9 Å². The minimum atomic E-state index is -4.68. The molecule has 0 aliphatic carbocycles. The van der Waals surface area contributed by atoms with Crippen molar-refractivity contribution in [3.8, 4) is 33.8 Å². The van der Waals surface area contributed by atoms with Crippen LogP contribution >= 0.6 is 0 Å². The number of nitrogen functional groups attached to an aromatic ring is 1. The number of aromatic nitrogens is 6. The van der Waals surface area contributed by atoms with Gasteiger partial charge in [0.2, 0.25) is 0 Å². The Bertz CT molecular complexity index is 3300. The molecular weight excluding hydrogens is 1010 g/mol. The molecule has 0 spiro atoms. The van der Waals surface area contributed by atoms with Crippen LogP contribution in [0.1, 0.15) is 33.0 Å². The summed E-state index contributed by atoms with van der Waals surface area (Å²) in [5.74, 6) is -6.72. The molecule has 0 unspecified atom stereocenters. The number of aryl methyl sites for hydroxylation is 3. The van der Waals surface area contributed by atoms with Crippen LogP contribution in [-0.2, 0) is 46.2 Å². The van der Waals surface area contributed by atoms with Gasteiger partial charge in [-0.1, -0.05) is 6.07 Å². The number of nitrogens with zero attached hydrogens (tertiary/aromatic N) is 6. The fraction of sp³-hybridized carbons (Fsp3) is 0.149. The van der Waals surface area contributed by atoms with E-state index in [1.165, 1.54) is 57.5 Å². The minimum absolute atomic E-state index is 0.0190. The van der Waals surface area contributed by atoms with Gasteiger partial charge in [-0.15, -0.1) is 0 Å². The van der Waals surface area contributed by atoms with Crippen molar-refractivity contribution in [2.24, 2.45) is 21.1 Å². The van der Waals surface area contributed by atoms with E-state index in [9.17, 15) is 75.0 Å². The number of rotatable bonds is 8. The zero-order valence-corrected chi connectivity index (χ0v) is 37.3. The second-order valence-corrected chi connectivity index (χ2v) is 15.4. The summed E-state index contributed by atoms with van der Waals surface area (Å²) >= 11 is 0. The first-order valence-electron chi connectivity index (χ1n) is 20.4. The molecule has 8 rings (SSSR count). The molecule has 0 saturated carbocycles. The number of hydrogen-bond donors (Lipinski definition) is 3. The Kier molecular flexibility index (Phi) is 15.7. The van der Waals surface area contributed by atoms with Gasteiger partial charge in [0.1, 0.15) is 40.7 Å². The smallest absolute Gasteiger partial charge is 0.399 e. The molecule has 73 heavy (non-hydrogen) atoms. The van der Waals surface area contributed by atoms with Crippen LogP contribution in [0.3, 0.4) is 0 Å². The largest absolute Gasteiger partial charge is 0.435 e. The molecule has 0 radical (unpaired) electrons. The van der Waals surface area contributed by atoms with Crippen LogP contribution in [0.15, 0.2) is 109 Å². The molecule has 3 heterocycles. The summed E-state index contributed by atoms with van der Waals surface area (Å²) in [6.07, 6.45) is -13.9. The molecule has 4 N–H and O–H groups in total. The maximum absolute atomic E-state index is 14.4. The molecule has 0 saturated heterocycles. The second-order valence-electron chi connectivity index (χ2n) is 15.4. The molecule has 0 bridgehead atoms. The Hall–Kier alpha value is -8.32. The van der Waals surface area contributed by atoms with Gasteiger partial charge in [-0.25, -0.2) is 30.7 Å². The van der Waals surface area contributed by atoms with Crippen LogP contribution in [0.2, 0.25) is 0 Å². The third-order valence-corrected chi connectivity index (χ3v) is 10.2. The summed E-state index contributed by atoms with van der Waals surface area (Å²) in [5, 5.41) is 15.0. The van der Waals surface area contributed by atoms with Crippen LogP contribution in [-0.4, -0.2) is 35.2 Å². The van der Waals surface area contributed by atoms with Gasteiger partial charge in [-0.05, 0) is 91.0 Å². The molecular formula is C47H33F16N9O. The molecule has 0 aliphatic rings. The molecule has 26 heteroatoms. The number of hydrogen-bond acceptors (Lipinski definition) is 6. The van der Waals surface area contributed by atoms with Crippen molar-refractivity contribution >= 4 is 23.0 Å². The number of nitrogens with two attached hydrogens (primary N) is 1. The topological polar surface area (TPSA) is 121 Å². The van der Waals surface area contributed by atoms with Crippen molar-refractivity contribution in [3.05, 3.63) is 178 Å². The van der Waals surface area contributed by atoms with E-state index < -0.39 is 87.8 Å². The maximum atomic E-state index is 14.4. The van der Waals surface area contributed by atoms with Crippen LogP contribution in [0.5, 0.6) is 0 Å². The second kappa shape index (κ2) is 21.2. The monoisotopic (exact) mass is 1040 g/mol. The van der Waals surface area contributed by atoms with Gasteiger partial charge in [0.25, 0.3) is 5.91 Å². The number of nitrogens with one attached hydrogen (secondary N) is 2. The summed E-state index contributed by atoms with van der Waals surface area (Å²) in [5.41, 5.74) is 1.88. The van der Waals surface area contributed by atoms with E-state index in [1.807, 2.05) is 0 Å². The predicted octanol–water partition coefficient (Wildman–Crippen LogP) is 12.7. The van der Waals surface area contributed by atoms with Gasteiger partial charge in [0.05, 0.1) is 22.6 Å². The van der Waals surface area contributed by atoms with Gasteiger partial charge >= 0.3 is 18.5 Å². The van der Waals surface area contributed by atoms with Crippen LogP contribution in [0.4, 0.5) is 87.3 Å². The lowest BCUT2D eigenvalue weighted by molar-refractivity contribution is -0.142. The quantitative estimate of drug-likeness (QED) is 0.103. The number of amides is 1. The van der Waals surface area contributed by atoms with Gasteiger partial charge < -0.3 is 16.4 Å². The van der Waals surface area contributed by atoms with E-state index in [0.29, 0.717) is 12.1 Å². The molecule has 5 aromatic carbocycles. The molecule has 3 aromatic heterocycles. The minimum Gasteiger partial charge on any atom is -0.399 e. The zero-order valence-electron chi connectivity index (χ0n) is 37.3. The Morgan fingerprint density at radius 3 is 1.27 bits per heavy atom. The fourth-order valence-corrected chi connectivity index (χ4v) is 6.68. The van der Waals surface area contributed by atoms with Gasteiger partial charge in [-0.2, -0.15) is 54.8 Å². The van der Waals surface area contributed by atoms with Crippen LogP contribution < -0.4 is 16.4 Å². The number of halogens is 16. The fourth-order valence-electron chi connectivity index (χ4n) is 6.68. The van der Waals surface area contributed by atoms with Crippen molar-refractivity contribution in [3.63, 3.8) is 0 Å². The Morgan fingerprint density at radius 2 is 0.877 bits per heavy atom. The lowest BCUT2D eigenvalue weighted by Gasteiger charge is -2.10. The molecule has 8 aromatic rings. The lowest BCUT2D eigenvalue weighted by atomic mass is 10.1. The first kappa shape index (κ1) is 54.0. The highest BCUT2D eigenvalue weighted by Crippen LogP contribution is 2.36. The van der Waals surface area contributed by atoms with Crippen molar-refractivity contribution in [1.82, 2.24) is 29.3 Å². The van der Waals surface area contributed by atoms with Crippen molar-refractivity contribution in [2.75, 3.05) is 16.4 Å². The third-order valence-electron chi connectivity index (χ3n) is 10.2. The first-order valence-corrected chi connectivity index (χ1v) is 20.4. The molecule has 0 fully saturated rings. The third kappa shape index (κ3) is 13.2. The van der Waals surface area contributed by atoms with E-state index in [2.05, 4.69) is 25.9 Å². The number of benzene rings is 5. The summed E-state index contributed by atoms with van der Waals surface area (Å²) in [6.45, 7) is -0.0190. The number of carbonyl (C=O) groups is 1. The van der Waals surface area contributed by atoms with E-state index in [1.54, 1.807) is 0 Å². The summed E-state index contributed by atoms with van der Waals surface area (Å²) in [4.78, 5) is 12.0. The van der Waals surface area contributed by atoms with Gasteiger partial charge in [0, 0.05) is 79.1 Å². The summed E-state index contributed by atoms with van der Waals surface area (Å²) < 4.78 is 212. The standard InChI is InChI=1S/C18H11F6N3O.C18H13F6N3.C11H9F4N3/c1-27-15(8-16(26-27)18(22,23)24)11-5-3-10(7-14(11)21)25-17(28)12-4-2-9(19)6-13(12)20;1-27-16(8-17(26-27)18(22,23)24)13-5-4-12(7-15(13)21)25-9-10-2-3-11(19)6-14(10)20;1-18-9(5-10(17-18)11(13,14)15)7-3-2-6(16)4-8(7)12/h2-8H,1H3,(H,25,28);2-8,25H,9H2,1H3;2-5H,16H2,1H3. The van der Waals surface area contributed by atoms with Crippen LogP contribution in [0.25, 0.3) is 33.8 Å². The molecule has 10 nitrogen and oxygen atoms in total. The van der Waals surface area contributed by atoms with E-state index in [0.717, 1.165) is 74.7 Å². The van der Waals surface area contributed by atoms with Gasteiger partial charge in [0.15, 0.2) is 17.1 Å². The van der Waals surface area contributed by atoms with Crippen molar-refractivity contribution in [1.29, 1.82) is 0 Å². The summed E-state index contributed by atoms with van der Waals surface area (Å²) in [6, 6.07) is 18.6. The molecule has 0 atom stereocenters. The normalized spacial score (nSPS) is 11.7. The first-order chi connectivity index (χ1) is 34.0.